The Balaban J connectivity index is 1.47. The van der Waals surface area contributed by atoms with E-state index >= 15 is 0 Å². The lowest BCUT2D eigenvalue weighted by atomic mass is 10.0. The van der Waals surface area contributed by atoms with Crippen molar-refractivity contribution in [3.8, 4) is 11.1 Å². The number of carboxylic acids is 1. The SMILES string of the molecule is CC(=O)NC[C@H]1CN(c2ccc(-c3ccc(/C=C4\SC(=S)N(CC(=O)O)C4=O)cc3)c(F)c2)C(=O)O1. The summed E-state index contributed by atoms with van der Waals surface area (Å²) in [5.74, 6) is -2.40. The highest BCUT2D eigenvalue weighted by Crippen LogP contribution is 2.33. The van der Waals surface area contributed by atoms with Crippen LogP contribution in [0.15, 0.2) is 47.4 Å². The molecular weight excluding hydrogens is 509 g/mol. The van der Waals surface area contributed by atoms with E-state index in [-0.39, 0.29) is 23.3 Å². The molecule has 36 heavy (non-hydrogen) atoms. The van der Waals surface area contributed by atoms with Gasteiger partial charge in [0.1, 0.15) is 22.8 Å². The first kappa shape index (κ1) is 25.3. The molecule has 4 rings (SSSR count). The Morgan fingerprint density at radius 3 is 2.61 bits per heavy atom. The van der Waals surface area contributed by atoms with Gasteiger partial charge in [0.15, 0.2) is 0 Å². The molecule has 2 aliphatic heterocycles. The Kier molecular flexibility index (Phi) is 7.36. The van der Waals surface area contributed by atoms with Gasteiger partial charge in [0.2, 0.25) is 5.91 Å². The molecule has 0 bridgehead atoms. The number of cyclic esters (lactones) is 1. The molecule has 0 radical (unpaired) electrons. The number of nitrogens with one attached hydrogen (secondary N) is 1. The second-order valence-electron chi connectivity index (χ2n) is 8.00. The number of carboxylic acid groups (broad SMARTS) is 1. The third-order valence-corrected chi connectivity index (χ3v) is 6.78. The fourth-order valence-corrected chi connectivity index (χ4v) is 4.94. The minimum Gasteiger partial charge on any atom is -0.480 e. The molecule has 0 saturated carbocycles. The number of amides is 3. The van der Waals surface area contributed by atoms with Gasteiger partial charge in [-0.1, -0.05) is 48.2 Å². The third kappa shape index (κ3) is 5.55. The Hall–Kier alpha value is -3.77. The lowest BCUT2D eigenvalue weighted by molar-refractivity contribution is -0.140. The van der Waals surface area contributed by atoms with E-state index in [2.05, 4.69) is 5.32 Å². The molecule has 9 nitrogen and oxygen atoms in total. The van der Waals surface area contributed by atoms with Gasteiger partial charge < -0.3 is 15.2 Å². The Morgan fingerprint density at radius 1 is 1.25 bits per heavy atom. The first-order valence-electron chi connectivity index (χ1n) is 10.7. The highest BCUT2D eigenvalue weighted by Gasteiger charge is 2.34. The topological polar surface area (TPSA) is 116 Å². The Morgan fingerprint density at radius 2 is 1.97 bits per heavy atom. The van der Waals surface area contributed by atoms with E-state index in [0.29, 0.717) is 27.3 Å². The van der Waals surface area contributed by atoms with Gasteiger partial charge in [-0.05, 0) is 35.4 Å². The summed E-state index contributed by atoms with van der Waals surface area (Å²) in [5.41, 5.74) is 1.91. The van der Waals surface area contributed by atoms with Gasteiger partial charge in [0, 0.05) is 12.5 Å². The van der Waals surface area contributed by atoms with Crippen LogP contribution in [0.25, 0.3) is 17.2 Å². The summed E-state index contributed by atoms with van der Waals surface area (Å²) in [7, 11) is 0. The molecule has 0 spiro atoms. The van der Waals surface area contributed by atoms with Crippen LogP contribution in [0.1, 0.15) is 12.5 Å². The van der Waals surface area contributed by atoms with E-state index in [9.17, 15) is 23.6 Å². The fraction of sp³-hybridized carbons (Fsp3) is 0.208. The van der Waals surface area contributed by atoms with Gasteiger partial charge >= 0.3 is 12.1 Å². The number of nitrogens with zero attached hydrogens (tertiary/aromatic N) is 2. The molecule has 2 heterocycles. The number of benzene rings is 2. The van der Waals surface area contributed by atoms with E-state index < -0.39 is 36.4 Å². The zero-order chi connectivity index (χ0) is 26.0. The number of aliphatic carboxylic acids is 1. The molecule has 2 N–H and O–H groups in total. The predicted molar refractivity (Wildman–Crippen MR) is 136 cm³/mol. The van der Waals surface area contributed by atoms with Crippen LogP contribution in [-0.2, 0) is 19.1 Å². The monoisotopic (exact) mass is 529 g/mol. The molecule has 2 aromatic rings. The van der Waals surface area contributed by atoms with Gasteiger partial charge in [-0.15, -0.1) is 0 Å². The number of carbonyl (C=O) groups excluding carboxylic acids is 3. The maximum Gasteiger partial charge on any atom is 0.414 e. The number of halogens is 1. The average Bonchev–Trinajstić information content (AvgIpc) is 3.32. The van der Waals surface area contributed by atoms with Crippen molar-refractivity contribution in [1.29, 1.82) is 0 Å². The summed E-state index contributed by atoms with van der Waals surface area (Å²) < 4.78 is 20.4. The van der Waals surface area contributed by atoms with Gasteiger partial charge in [0.05, 0.1) is 23.7 Å². The van der Waals surface area contributed by atoms with Crippen LogP contribution >= 0.6 is 24.0 Å². The lowest BCUT2D eigenvalue weighted by Gasteiger charge is -2.14. The molecule has 12 heteroatoms. The van der Waals surface area contributed by atoms with Crippen LogP contribution < -0.4 is 10.2 Å². The highest BCUT2D eigenvalue weighted by molar-refractivity contribution is 8.26. The fourth-order valence-electron chi connectivity index (χ4n) is 3.68. The molecular formula is C24H20FN3O6S2. The Bertz CT molecular complexity index is 1300. The second-order valence-corrected chi connectivity index (χ2v) is 9.68. The van der Waals surface area contributed by atoms with Gasteiger partial charge in [0.25, 0.3) is 5.91 Å². The van der Waals surface area contributed by atoms with Crippen molar-refractivity contribution >= 4 is 63.9 Å². The van der Waals surface area contributed by atoms with Crippen molar-refractivity contribution in [1.82, 2.24) is 10.2 Å². The molecule has 0 aliphatic carbocycles. The zero-order valence-electron chi connectivity index (χ0n) is 18.9. The lowest BCUT2D eigenvalue weighted by Crippen LogP contribution is -2.33. The summed E-state index contributed by atoms with van der Waals surface area (Å²) in [6, 6.07) is 11.2. The number of hydrogen-bond acceptors (Lipinski definition) is 7. The normalized spacial score (nSPS) is 18.7. The van der Waals surface area contributed by atoms with Gasteiger partial charge in [-0.3, -0.25) is 24.2 Å². The van der Waals surface area contributed by atoms with Crippen LogP contribution in [-0.4, -0.2) is 63.9 Å². The van der Waals surface area contributed by atoms with Crippen LogP contribution in [0.2, 0.25) is 0 Å². The van der Waals surface area contributed by atoms with Crippen LogP contribution in [0.5, 0.6) is 0 Å². The van der Waals surface area contributed by atoms with Crippen molar-refractivity contribution in [2.75, 3.05) is 24.5 Å². The smallest absolute Gasteiger partial charge is 0.414 e. The quantitative estimate of drug-likeness (QED) is 0.415. The zero-order valence-corrected chi connectivity index (χ0v) is 20.5. The van der Waals surface area contributed by atoms with Crippen LogP contribution in [0.4, 0.5) is 14.9 Å². The van der Waals surface area contributed by atoms with E-state index in [0.717, 1.165) is 16.7 Å². The number of thiocarbonyl (C=S) groups is 1. The molecule has 0 unspecified atom stereocenters. The molecule has 0 aromatic heterocycles. The van der Waals surface area contributed by atoms with Crippen LogP contribution in [0.3, 0.4) is 0 Å². The molecule has 3 amide bonds. The maximum absolute atomic E-state index is 15.0. The van der Waals surface area contributed by atoms with Crippen molar-refractivity contribution < 1.29 is 33.4 Å². The Labute approximate surface area is 214 Å². The predicted octanol–water partition coefficient (Wildman–Crippen LogP) is 3.24. The summed E-state index contributed by atoms with van der Waals surface area (Å²) in [5, 5.41) is 11.5. The van der Waals surface area contributed by atoms with Crippen molar-refractivity contribution in [2.24, 2.45) is 0 Å². The number of carbonyl (C=O) groups is 4. The average molecular weight is 530 g/mol. The molecule has 2 aliphatic rings. The first-order chi connectivity index (χ1) is 17.1. The highest BCUT2D eigenvalue weighted by atomic mass is 32.2. The number of rotatable bonds is 7. The minimum absolute atomic E-state index is 0.175. The number of hydrogen-bond donors (Lipinski definition) is 2. The molecule has 2 aromatic carbocycles. The van der Waals surface area contributed by atoms with Crippen molar-refractivity contribution in [3.05, 3.63) is 58.8 Å². The molecule has 2 saturated heterocycles. The van der Waals surface area contributed by atoms with Crippen LogP contribution in [0, 0.1) is 5.82 Å². The first-order valence-corrected chi connectivity index (χ1v) is 11.9. The largest absolute Gasteiger partial charge is 0.480 e. The van der Waals surface area contributed by atoms with E-state index in [1.54, 1.807) is 42.5 Å². The summed E-state index contributed by atoms with van der Waals surface area (Å²) >= 11 is 6.11. The number of ether oxygens (including phenoxy) is 1. The van der Waals surface area contributed by atoms with Crippen molar-refractivity contribution in [2.45, 2.75) is 13.0 Å². The van der Waals surface area contributed by atoms with E-state index in [1.807, 2.05) is 0 Å². The summed E-state index contributed by atoms with van der Waals surface area (Å²) in [6.07, 6.45) is 0.456. The third-order valence-electron chi connectivity index (χ3n) is 5.40. The van der Waals surface area contributed by atoms with E-state index in [1.165, 1.54) is 17.9 Å². The van der Waals surface area contributed by atoms with Gasteiger partial charge in [-0.2, -0.15) is 0 Å². The molecule has 2 fully saturated rings. The standard InChI is InChI=1S/C24H20FN3O6S2/c1-13(29)26-10-17-11-27(23(33)34-17)16-6-7-18(19(25)9-16)15-4-2-14(3-5-15)8-20-22(32)28(12-21(30)31)24(35)36-20/h2-9,17H,10-12H2,1H3,(H,26,29)(H,30,31)/b20-8-/t17-/m0/s1. The number of thioether (sulfide) groups is 1. The second kappa shape index (κ2) is 10.5. The summed E-state index contributed by atoms with van der Waals surface area (Å²) in [4.78, 5) is 49.3. The number of anilines is 1. The van der Waals surface area contributed by atoms with Crippen molar-refractivity contribution in [3.63, 3.8) is 0 Å². The maximum atomic E-state index is 15.0. The molecule has 186 valence electrons. The van der Waals surface area contributed by atoms with E-state index in [4.69, 9.17) is 22.1 Å². The molecule has 1 atom stereocenters. The minimum atomic E-state index is -1.16. The summed E-state index contributed by atoms with van der Waals surface area (Å²) in [6.45, 7) is 1.23. The van der Waals surface area contributed by atoms with Gasteiger partial charge in [-0.25, -0.2) is 9.18 Å².